The Balaban J connectivity index is 1.66. The van der Waals surface area contributed by atoms with E-state index in [0.717, 1.165) is 50.2 Å². The summed E-state index contributed by atoms with van der Waals surface area (Å²) in [6, 6.07) is 15.7. The van der Waals surface area contributed by atoms with Gasteiger partial charge >= 0.3 is 0 Å². The lowest BCUT2D eigenvalue weighted by atomic mass is 10.0. The molecule has 0 atom stereocenters. The van der Waals surface area contributed by atoms with E-state index in [0.29, 0.717) is 11.5 Å². The number of benzene rings is 2. The van der Waals surface area contributed by atoms with Gasteiger partial charge in [0.15, 0.2) is 11.5 Å². The van der Waals surface area contributed by atoms with Crippen LogP contribution >= 0.6 is 0 Å². The smallest absolute Gasteiger partial charge is 0.231 e. The summed E-state index contributed by atoms with van der Waals surface area (Å²) in [4.78, 5) is 13.1. The van der Waals surface area contributed by atoms with Gasteiger partial charge in [-0.15, -0.1) is 4.99 Å². The highest BCUT2D eigenvalue weighted by Gasteiger charge is 2.18. The number of rotatable bonds is 3. The van der Waals surface area contributed by atoms with Crippen LogP contribution in [0.25, 0.3) is 38.8 Å². The maximum Gasteiger partial charge on any atom is 0.231 e. The Morgan fingerprint density at radius 1 is 1.00 bits per heavy atom. The number of fused-ring (bicyclic) bond motifs is 4. The predicted octanol–water partition coefficient (Wildman–Crippen LogP) is 3.70. The van der Waals surface area contributed by atoms with Crippen molar-refractivity contribution in [2.75, 3.05) is 13.9 Å². The molecule has 0 amide bonds. The van der Waals surface area contributed by atoms with Crippen LogP contribution in [-0.2, 0) is 7.05 Å². The predicted molar refractivity (Wildman–Crippen MR) is 125 cm³/mol. The van der Waals surface area contributed by atoms with Gasteiger partial charge in [0, 0.05) is 18.5 Å². The Morgan fingerprint density at radius 2 is 1.82 bits per heavy atom. The van der Waals surface area contributed by atoms with Crippen molar-refractivity contribution in [2.24, 2.45) is 12.0 Å². The molecule has 9 heteroatoms. The van der Waals surface area contributed by atoms with Crippen molar-refractivity contribution < 1.29 is 14.2 Å². The Hall–Kier alpha value is -4.84. The summed E-state index contributed by atoms with van der Waals surface area (Å²) in [5.74, 6) is 1.97. The Labute approximate surface area is 193 Å². The molecule has 0 radical (unpaired) electrons. The zero-order chi connectivity index (χ0) is 23.2. The average molecular weight is 450 g/mol. The molecule has 1 aliphatic heterocycles. The van der Waals surface area contributed by atoms with Gasteiger partial charge in [0.05, 0.1) is 41.7 Å². The molecule has 34 heavy (non-hydrogen) atoms. The number of hydrogen-bond donors (Lipinski definition) is 0. The Morgan fingerprint density at radius 3 is 2.62 bits per heavy atom. The summed E-state index contributed by atoms with van der Waals surface area (Å²) < 4.78 is 20.0. The molecule has 0 fully saturated rings. The van der Waals surface area contributed by atoms with Crippen molar-refractivity contribution in [1.29, 1.82) is 5.26 Å². The van der Waals surface area contributed by atoms with Crippen molar-refractivity contribution in [3.63, 3.8) is 0 Å². The first-order valence-corrected chi connectivity index (χ1v) is 10.5. The minimum Gasteiger partial charge on any atom is -0.481 e. The first-order valence-electron chi connectivity index (χ1n) is 10.5. The third kappa shape index (κ3) is 2.97. The van der Waals surface area contributed by atoms with Crippen molar-refractivity contribution in [1.82, 2.24) is 19.1 Å². The van der Waals surface area contributed by atoms with E-state index in [1.165, 1.54) is 0 Å². The van der Waals surface area contributed by atoms with Gasteiger partial charge in [-0.05, 0) is 41.5 Å². The number of aryl methyl sites for hydroxylation is 1. The van der Waals surface area contributed by atoms with Crippen molar-refractivity contribution >= 4 is 21.9 Å². The maximum absolute atomic E-state index is 9.39. The van der Waals surface area contributed by atoms with Gasteiger partial charge in [-0.25, -0.2) is 4.98 Å². The van der Waals surface area contributed by atoms with E-state index in [4.69, 9.17) is 14.2 Å². The number of nitriles is 1. The van der Waals surface area contributed by atoms with Crippen LogP contribution in [0.15, 0.2) is 65.9 Å². The van der Waals surface area contributed by atoms with Gasteiger partial charge in [-0.1, -0.05) is 12.1 Å². The van der Waals surface area contributed by atoms with Crippen LogP contribution in [0.2, 0.25) is 0 Å². The quantitative estimate of drug-likeness (QED) is 0.389. The van der Waals surface area contributed by atoms with Gasteiger partial charge in [0.1, 0.15) is 0 Å². The van der Waals surface area contributed by atoms with E-state index in [1.807, 2.05) is 58.8 Å². The second-order valence-corrected chi connectivity index (χ2v) is 7.76. The van der Waals surface area contributed by atoms with Gasteiger partial charge < -0.3 is 18.8 Å². The van der Waals surface area contributed by atoms with Crippen LogP contribution in [0.3, 0.4) is 0 Å². The minimum absolute atomic E-state index is 0.228. The lowest BCUT2D eigenvalue weighted by Crippen LogP contribution is -2.22. The number of nitrogens with zero attached hydrogens (tertiary/aromatic N) is 6. The molecule has 0 unspecified atom stereocenters. The normalized spacial score (nSPS) is 12.9. The van der Waals surface area contributed by atoms with Gasteiger partial charge in [0.25, 0.3) is 0 Å². The fourth-order valence-electron chi connectivity index (χ4n) is 4.30. The number of ether oxygens (including phenoxy) is 3. The maximum atomic E-state index is 9.39. The summed E-state index contributed by atoms with van der Waals surface area (Å²) >= 11 is 0. The molecular weight excluding hydrogens is 432 g/mol. The van der Waals surface area contributed by atoms with E-state index in [2.05, 4.69) is 21.0 Å². The van der Waals surface area contributed by atoms with E-state index < -0.39 is 0 Å². The highest BCUT2D eigenvalue weighted by molar-refractivity contribution is 6.04. The fraction of sp³-hybridized carbons (Fsp3) is 0.120. The van der Waals surface area contributed by atoms with Crippen LogP contribution < -0.4 is 19.8 Å². The number of aromatic nitrogens is 4. The first kappa shape index (κ1) is 19.8. The van der Waals surface area contributed by atoms with E-state index in [9.17, 15) is 5.26 Å². The Kier molecular flexibility index (Phi) is 4.45. The van der Waals surface area contributed by atoms with E-state index in [1.54, 1.807) is 25.6 Å². The zero-order valence-electron chi connectivity index (χ0n) is 18.4. The van der Waals surface area contributed by atoms with E-state index >= 15 is 0 Å². The summed E-state index contributed by atoms with van der Waals surface area (Å²) in [5, 5.41) is 10.3. The highest BCUT2D eigenvalue weighted by atomic mass is 16.7. The lowest BCUT2D eigenvalue weighted by molar-refractivity contribution is 0.174. The molecule has 6 rings (SSSR count). The molecule has 0 saturated heterocycles. The monoisotopic (exact) mass is 450 g/mol. The SMILES string of the molecule is COc1ccc(-n2/c(=N\C#N)n(C)c3cnc4ccc(-c5ccc6c(c5)OCO6)cc4c32)cn1. The van der Waals surface area contributed by atoms with Crippen LogP contribution in [0.1, 0.15) is 0 Å². The van der Waals surface area contributed by atoms with Crippen LogP contribution in [-0.4, -0.2) is 33.0 Å². The summed E-state index contributed by atoms with van der Waals surface area (Å²) in [7, 11) is 3.43. The molecule has 166 valence electrons. The molecular formula is C25H18N6O3. The lowest BCUT2D eigenvalue weighted by Gasteiger charge is -2.09. The average Bonchev–Trinajstić information content (AvgIpc) is 3.46. The number of pyridine rings is 2. The Bertz CT molecular complexity index is 1690. The molecule has 0 bridgehead atoms. The van der Waals surface area contributed by atoms with Crippen molar-refractivity contribution in [2.45, 2.75) is 0 Å². The molecule has 0 N–H and O–H groups in total. The molecule has 4 heterocycles. The molecule has 9 nitrogen and oxygen atoms in total. The molecule has 1 aliphatic rings. The number of imidazole rings is 1. The number of hydrogen-bond acceptors (Lipinski definition) is 7. The largest absolute Gasteiger partial charge is 0.481 e. The molecule has 2 aromatic carbocycles. The summed E-state index contributed by atoms with van der Waals surface area (Å²) in [6.45, 7) is 0.228. The molecule has 5 aromatic rings. The molecule has 0 aliphatic carbocycles. The fourth-order valence-corrected chi connectivity index (χ4v) is 4.30. The third-order valence-corrected chi connectivity index (χ3v) is 5.95. The summed E-state index contributed by atoms with van der Waals surface area (Å²) in [6.07, 6.45) is 5.41. The molecule has 0 spiro atoms. The second kappa shape index (κ2) is 7.64. The standard InChI is InChI=1S/C25H18N6O3/c1-30-20-12-27-19-6-3-15(16-4-7-21-22(10-16)34-14-33-21)9-18(19)24(20)31(25(30)29-13-26)17-5-8-23(32-2)28-11-17/h3-12H,14H2,1-2H3/b29-25-. The van der Waals surface area contributed by atoms with Crippen LogP contribution in [0, 0.1) is 11.5 Å². The zero-order valence-corrected chi connectivity index (χ0v) is 18.4. The second-order valence-electron chi connectivity index (χ2n) is 7.76. The van der Waals surface area contributed by atoms with Crippen LogP contribution in [0.5, 0.6) is 17.4 Å². The van der Waals surface area contributed by atoms with Gasteiger partial charge in [0.2, 0.25) is 24.5 Å². The van der Waals surface area contributed by atoms with Crippen molar-refractivity contribution in [3.05, 3.63) is 66.5 Å². The molecule has 3 aromatic heterocycles. The summed E-state index contributed by atoms with van der Waals surface area (Å²) in [5.41, 5.74) is 5.74. The van der Waals surface area contributed by atoms with Gasteiger partial charge in [-0.2, -0.15) is 5.26 Å². The van der Waals surface area contributed by atoms with Gasteiger partial charge in [-0.3, -0.25) is 9.55 Å². The first-order chi connectivity index (χ1) is 16.7. The van der Waals surface area contributed by atoms with E-state index in [-0.39, 0.29) is 6.79 Å². The topological polar surface area (TPSA) is 99.5 Å². The minimum atomic E-state index is 0.228. The van der Waals surface area contributed by atoms with Crippen molar-refractivity contribution in [3.8, 4) is 40.4 Å². The number of methoxy groups -OCH3 is 1. The molecule has 0 saturated carbocycles. The third-order valence-electron chi connectivity index (χ3n) is 5.95. The highest BCUT2D eigenvalue weighted by Crippen LogP contribution is 2.37. The van der Waals surface area contributed by atoms with Crippen LogP contribution in [0.4, 0.5) is 0 Å².